The number of hydroxylamine groups is 1. The number of benzene rings is 1. The van der Waals surface area contributed by atoms with Crippen LogP contribution in [0.15, 0.2) is 45.2 Å². The number of aryl methyl sites for hydroxylation is 2. The first-order valence-corrected chi connectivity index (χ1v) is 11.3. The lowest BCUT2D eigenvalue weighted by molar-refractivity contribution is 0.0627. The van der Waals surface area contributed by atoms with Crippen molar-refractivity contribution in [2.24, 2.45) is 4.99 Å². The molecule has 0 spiro atoms. The van der Waals surface area contributed by atoms with Crippen molar-refractivity contribution in [1.82, 2.24) is 15.7 Å². The molecule has 0 aliphatic carbocycles. The number of aliphatic imine (C=N–C) groups is 1. The molecule has 0 amide bonds. The van der Waals surface area contributed by atoms with E-state index in [1.165, 1.54) is 21.5 Å². The fraction of sp³-hybridized carbons (Fsp3) is 0.250. The number of amidine groups is 1. The molecule has 29 heavy (non-hydrogen) atoms. The fourth-order valence-corrected chi connectivity index (χ4v) is 5.52. The van der Waals surface area contributed by atoms with E-state index in [2.05, 4.69) is 34.7 Å². The van der Waals surface area contributed by atoms with Gasteiger partial charge in [0.15, 0.2) is 5.84 Å². The maximum atomic E-state index is 6.16. The van der Waals surface area contributed by atoms with E-state index in [-0.39, 0.29) is 6.04 Å². The summed E-state index contributed by atoms with van der Waals surface area (Å²) in [7, 11) is 0. The highest BCUT2D eigenvalue weighted by Crippen LogP contribution is 2.35. The van der Waals surface area contributed by atoms with Gasteiger partial charge < -0.3 is 0 Å². The maximum absolute atomic E-state index is 6.16. The summed E-state index contributed by atoms with van der Waals surface area (Å²) in [6, 6.07) is 9.55. The molecule has 1 N–H and O–H groups in total. The average molecular weight is 465 g/mol. The number of thiophene rings is 1. The molecule has 0 saturated heterocycles. The quantitative estimate of drug-likeness (QED) is 0.517. The van der Waals surface area contributed by atoms with Crippen molar-refractivity contribution in [2.45, 2.75) is 36.7 Å². The van der Waals surface area contributed by atoms with Crippen molar-refractivity contribution in [3.63, 3.8) is 0 Å². The molecule has 3 heterocycles. The first-order chi connectivity index (χ1) is 13.9. The predicted molar refractivity (Wildman–Crippen MR) is 120 cm³/mol. The molecule has 0 radical (unpaired) electrons. The average Bonchev–Trinajstić information content (AvgIpc) is 3.11. The van der Waals surface area contributed by atoms with E-state index in [0.717, 1.165) is 21.7 Å². The predicted octanol–water partition coefficient (Wildman–Crippen LogP) is 5.94. The van der Waals surface area contributed by atoms with Crippen LogP contribution in [0.1, 0.15) is 32.6 Å². The summed E-state index contributed by atoms with van der Waals surface area (Å²) < 4.78 is 0. The van der Waals surface area contributed by atoms with E-state index >= 15 is 0 Å². The minimum atomic E-state index is -0.0590. The van der Waals surface area contributed by atoms with E-state index < -0.39 is 0 Å². The van der Waals surface area contributed by atoms with Gasteiger partial charge in [0.1, 0.15) is 17.7 Å². The topological polar surface area (TPSA) is 59.4 Å². The van der Waals surface area contributed by atoms with Crippen LogP contribution in [0.4, 0.5) is 0 Å². The SMILES string of the molecule is Cc1ccc([C@H]2CONC(c3c(Sc4cc(Cl)cc(Cl)c4)nnc(C)c3C)=N2)s1. The van der Waals surface area contributed by atoms with Crippen molar-refractivity contribution in [1.29, 1.82) is 0 Å². The maximum Gasteiger partial charge on any atom is 0.156 e. The molecule has 0 unspecified atom stereocenters. The molecule has 1 aliphatic heterocycles. The number of rotatable bonds is 4. The van der Waals surface area contributed by atoms with E-state index in [1.807, 2.05) is 26.0 Å². The molecule has 1 atom stereocenters. The molecule has 0 bridgehead atoms. The lowest BCUT2D eigenvalue weighted by Crippen LogP contribution is -2.33. The van der Waals surface area contributed by atoms with Gasteiger partial charge in [0.25, 0.3) is 0 Å². The summed E-state index contributed by atoms with van der Waals surface area (Å²) in [5.74, 6) is 0.651. The van der Waals surface area contributed by atoms with Crippen LogP contribution in [0.5, 0.6) is 0 Å². The monoisotopic (exact) mass is 464 g/mol. The molecule has 1 aromatic carbocycles. The van der Waals surface area contributed by atoms with Gasteiger partial charge in [-0.15, -0.1) is 16.4 Å². The molecule has 0 fully saturated rings. The van der Waals surface area contributed by atoms with Crippen LogP contribution in [-0.4, -0.2) is 22.6 Å². The van der Waals surface area contributed by atoms with E-state index in [0.29, 0.717) is 27.5 Å². The molecular formula is C20H18Cl2N4OS2. The Morgan fingerprint density at radius 2 is 1.86 bits per heavy atom. The third-order valence-electron chi connectivity index (χ3n) is 4.49. The largest absolute Gasteiger partial charge is 0.272 e. The third kappa shape index (κ3) is 4.59. The number of nitrogens with one attached hydrogen (secondary N) is 1. The zero-order chi connectivity index (χ0) is 20.5. The molecule has 1 aliphatic rings. The number of hydrogen-bond acceptors (Lipinski definition) is 7. The zero-order valence-electron chi connectivity index (χ0n) is 16.0. The number of hydrogen-bond donors (Lipinski definition) is 1. The summed E-state index contributed by atoms with van der Waals surface area (Å²) in [6.07, 6.45) is 0. The van der Waals surface area contributed by atoms with Crippen LogP contribution in [0, 0.1) is 20.8 Å². The van der Waals surface area contributed by atoms with Gasteiger partial charge in [-0.05, 0) is 56.7 Å². The molecule has 2 aromatic heterocycles. The summed E-state index contributed by atoms with van der Waals surface area (Å²) in [4.78, 5) is 13.9. The van der Waals surface area contributed by atoms with Crippen LogP contribution in [0.2, 0.25) is 10.0 Å². The second-order valence-electron chi connectivity index (χ2n) is 6.65. The van der Waals surface area contributed by atoms with Gasteiger partial charge in [-0.1, -0.05) is 35.0 Å². The summed E-state index contributed by atoms with van der Waals surface area (Å²) >= 11 is 15.5. The number of aromatic nitrogens is 2. The fourth-order valence-electron chi connectivity index (χ4n) is 2.94. The smallest absolute Gasteiger partial charge is 0.156 e. The Bertz CT molecular complexity index is 1080. The second-order valence-corrected chi connectivity index (χ2v) is 9.91. The first-order valence-electron chi connectivity index (χ1n) is 8.91. The van der Waals surface area contributed by atoms with Gasteiger partial charge in [-0.3, -0.25) is 9.83 Å². The third-order valence-corrected chi connectivity index (χ3v) is 6.98. The van der Waals surface area contributed by atoms with Crippen LogP contribution >= 0.6 is 46.3 Å². The zero-order valence-corrected chi connectivity index (χ0v) is 19.1. The first kappa shape index (κ1) is 20.6. The molecular weight excluding hydrogens is 447 g/mol. The van der Waals surface area contributed by atoms with Crippen molar-refractivity contribution >= 4 is 52.1 Å². The number of halogens is 2. The van der Waals surface area contributed by atoms with Crippen molar-refractivity contribution < 1.29 is 4.84 Å². The van der Waals surface area contributed by atoms with Crippen LogP contribution in [0.3, 0.4) is 0 Å². The second kappa shape index (κ2) is 8.62. The van der Waals surface area contributed by atoms with Gasteiger partial charge in [0.05, 0.1) is 11.3 Å². The molecule has 4 rings (SSSR count). The van der Waals surface area contributed by atoms with Crippen LogP contribution in [0.25, 0.3) is 0 Å². The normalized spacial score (nSPS) is 16.4. The van der Waals surface area contributed by atoms with Crippen molar-refractivity contribution in [3.05, 3.63) is 67.0 Å². The van der Waals surface area contributed by atoms with Gasteiger partial charge in [-0.25, -0.2) is 5.48 Å². The Hall–Kier alpha value is -1.64. The van der Waals surface area contributed by atoms with Crippen molar-refractivity contribution in [2.75, 3.05) is 6.61 Å². The molecule has 150 valence electrons. The Kier molecular flexibility index (Phi) is 6.13. The minimum Gasteiger partial charge on any atom is -0.272 e. The lowest BCUT2D eigenvalue weighted by Gasteiger charge is -2.23. The Morgan fingerprint density at radius 3 is 2.55 bits per heavy atom. The molecule has 0 saturated carbocycles. The summed E-state index contributed by atoms with van der Waals surface area (Å²) in [5.41, 5.74) is 5.69. The van der Waals surface area contributed by atoms with Crippen LogP contribution < -0.4 is 5.48 Å². The van der Waals surface area contributed by atoms with Gasteiger partial charge in [-0.2, -0.15) is 5.10 Å². The number of nitrogens with zero attached hydrogens (tertiary/aromatic N) is 3. The van der Waals surface area contributed by atoms with E-state index in [9.17, 15) is 0 Å². The van der Waals surface area contributed by atoms with E-state index in [4.69, 9.17) is 33.0 Å². The highest BCUT2D eigenvalue weighted by atomic mass is 35.5. The minimum absolute atomic E-state index is 0.0590. The van der Waals surface area contributed by atoms with Gasteiger partial charge in [0, 0.05) is 24.7 Å². The van der Waals surface area contributed by atoms with Crippen LogP contribution in [-0.2, 0) is 4.84 Å². The summed E-state index contributed by atoms with van der Waals surface area (Å²) in [5, 5.41) is 10.6. The van der Waals surface area contributed by atoms with Gasteiger partial charge in [0.2, 0.25) is 0 Å². The highest BCUT2D eigenvalue weighted by Gasteiger charge is 2.24. The van der Waals surface area contributed by atoms with Crippen molar-refractivity contribution in [3.8, 4) is 0 Å². The Balaban J connectivity index is 1.76. The highest BCUT2D eigenvalue weighted by molar-refractivity contribution is 7.99. The van der Waals surface area contributed by atoms with Gasteiger partial charge >= 0.3 is 0 Å². The molecule has 5 nitrogen and oxygen atoms in total. The standard InChI is InChI=1S/C20H18Cl2N4OS2/c1-10-4-5-17(28-10)16-9-27-26-19(23-16)18-11(2)12(3)24-25-20(18)29-15-7-13(21)6-14(22)8-15/h4-8,16H,9H2,1-3H3,(H,23,26)/t16-/m1/s1. The summed E-state index contributed by atoms with van der Waals surface area (Å²) in [6.45, 7) is 6.51. The Morgan fingerprint density at radius 1 is 1.10 bits per heavy atom. The Labute approximate surface area is 187 Å². The van der Waals surface area contributed by atoms with E-state index in [1.54, 1.807) is 17.4 Å². The molecule has 3 aromatic rings. The lowest BCUT2D eigenvalue weighted by atomic mass is 10.1. The molecule has 9 heteroatoms.